The van der Waals surface area contributed by atoms with Crippen molar-refractivity contribution in [2.24, 2.45) is 7.05 Å². The van der Waals surface area contributed by atoms with Crippen LogP contribution in [0.2, 0.25) is 0 Å². The fourth-order valence-electron chi connectivity index (χ4n) is 2.60. The van der Waals surface area contributed by atoms with Crippen LogP contribution < -0.4 is 11.0 Å². The van der Waals surface area contributed by atoms with Crippen LogP contribution in [-0.4, -0.2) is 22.9 Å². The highest BCUT2D eigenvalue weighted by molar-refractivity contribution is 6.65. The maximum Gasteiger partial charge on any atom is 0.495 e. The zero-order chi connectivity index (χ0) is 15.4. The van der Waals surface area contributed by atoms with Crippen LogP contribution >= 0.6 is 0 Å². The lowest BCUT2D eigenvalue weighted by atomic mass is 9.77. The maximum absolute atomic E-state index is 12.2. The van der Waals surface area contributed by atoms with Crippen molar-refractivity contribution in [3.05, 3.63) is 40.7 Å². The SMILES string of the molecule is Cn1c(=O)cc(B2OC(C)(C)C(C)(C)O2)c2ccccc21. The zero-order valence-corrected chi connectivity index (χ0v) is 13.1. The van der Waals surface area contributed by atoms with E-state index < -0.39 is 18.3 Å². The molecule has 0 radical (unpaired) electrons. The maximum atomic E-state index is 12.2. The smallest absolute Gasteiger partial charge is 0.399 e. The van der Waals surface area contributed by atoms with Gasteiger partial charge in [0.15, 0.2) is 0 Å². The Kier molecular flexibility index (Phi) is 3.04. The van der Waals surface area contributed by atoms with E-state index in [1.165, 1.54) is 0 Å². The van der Waals surface area contributed by atoms with Crippen molar-refractivity contribution in [3.8, 4) is 0 Å². The molecule has 0 N–H and O–H groups in total. The van der Waals surface area contributed by atoms with Gasteiger partial charge in [0.05, 0.1) is 16.7 Å². The highest BCUT2D eigenvalue weighted by Crippen LogP contribution is 2.36. The molecule has 4 nitrogen and oxygen atoms in total. The first-order chi connectivity index (χ1) is 9.73. The molecule has 0 saturated carbocycles. The second kappa shape index (κ2) is 4.45. The quantitative estimate of drug-likeness (QED) is 0.751. The van der Waals surface area contributed by atoms with Gasteiger partial charge in [-0.2, -0.15) is 0 Å². The summed E-state index contributed by atoms with van der Waals surface area (Å²) >= 11 is 0. The molecular formula is C16H20BNO3. The van der Waals surface area contributed by atoms with Crippen LogP contribution in [0.15, 0.2) is 35.1 Å². The first kappa shape index (κ1) is 14.4. The highest BCUT2D eigenvalue weighted by atomic mass is 16.7. The van der Waals surface area contributed by atoms with E-state index in [1.54, 1.807) is 17.7 Å². The van der Waals surface area contributed by atoms with Crippen molar-refractivity contribution in [1.82, 2.24) is 4.57 Å². The minimum absolute atomic E-state index is 0.0570. The second-order valence-corrected chi connectivity index (χ2v) is 6.60. The highest BCUT2D eigenvalue weighted by Gasteiger charge is 2.52. The van der Waals surface area contributed by atoms with Gasteiger partial charge in [0.1, 0.15) is 0 Å². The molecule has 1 aliphatic rings. The fourth-order valence-corrected chi connectivity index (χ4v) is 2.60. The lowest BCUT2D eigenvalue weighted by Crippen LogP contribution is -2.41. The molecule has 5 heteroatoms. The van der Waals surface area contributed by atoms with Crippen LogP contribution in [0, 0.1) is 0 Å². The lowest BCUT2D eigenvalue weighted by Gasteiger charge is -2.32. The largest absolute Gasteiger partial charge is 0.495 e. The van der Waals surface area contributed by atoms with Crippen molar-refractivity contribution in [3.63, 3.8) is 0 Å². The van der Waals surface area contributed by atoms with Gasteiger partial charge in [-0.25, -0.2) is 0 Å². The van der Waals surface area contributed by atoms with Gasteiger partial charge in [0, 0.05) is 13.1 Å². The molecule has 0 atom stereocenters. The summed E-state index contributed by atoms with van der Waals surface area (Å²) < 4.78 is 13.8. The van der Waals surface area contributed by atoms with E-state index in [-0.39, 0.29) is 5.56 Å². The predicted molar refractivity (Wildman–Crippen MR) is 84.9 cm³/mol. The molecule has 2 heterocycles. The molecule has 110 valence electrons. The third kappa shape index (κ3) is 2.12. The summed E-state index contributed by atoms with van der Waals surface area (Å²) in [6.07, 6.45) is 0. The Bertz CT molecular complexity index is 748. The van der Waals surface area contributed by atoms with Gasteiger partial charge < -0.3 is 13.9 Å². The van der Waals surface area contributed by atoms with Crippen LogP contribution in [0.4, 0.5) is 0 Å². The normalized spacial score (nSPS) is 20.1. The number of nitrogens with zero attached hydrogens (tertiary/aromatic N) is 1. The number of fused-ring (bicyclic) bond motifs is 1. The minimum Gasteiger partial charge on any atom is -0.399 e. The van der Waals surface area contributed by atoms with Crippen LogP contribution in [0.3, 0.4) is 0 Å². The number of hydrogen-bond donors (Lipinski definition) is 0. The Labute approximate surface area is 124 Å². The van der Waals surface area contributed by atoms with E-state index in [9.17, 15) is 4.79 Å². The minimum atomic E-state index is -0.520. The Morgan fingerprint density at radius 2 is 1.62 bits per heavy atom. The van der Waals surface area contributed by atoms with Gasteiger partial charge in [-0.3, -0.25) is 4.79 Å². The number of aromatic nitrogens is 1. The molecule has 0 bridgehead atoms. The topological polar surface area (TPSA) is 40.5 Å². The molecular weight excluding hydrogens is 265 g/mol. The summed E-state index contributed by atoms with van der Waals surface area (Å²) in [6, 6.07) is 9.43. The second-order valence-electron chi connectivity index (χ2n) is 6.60. The number of benzene rings is 1. The molecule has 1 aromatic carbocycles. The molecule has 0 aliphatic carbocycles. The van der Waals surface area contributed by atoms with Crippen molar-refractivity contribution in [2.45, 2.75) is 38.9 Å². The fraction of sp³-hybridized carbons (Fsp3) is 0.438. The number of aryl methyl sites for hydroxylation is 1. The number of hydrogen-bond acceptors (Lipinski definition) is 3. The van der Waals surface area contributed by atoms with Crippen molar-refractivity contribution >= 4 is 23.5 Å². The van der Waals surface area contributed by atoms with E-state index in [0.29, 0.717) is 0 Å². The average molecular weight is 285 g/mol. The zero-order valence-electron chi connectivity index (χ0n) is 13.1. The van der Waals surface area contributed by atoms with Gasteiger partial charge in [-0.05, 0) is 44.6 Å². The Morgan fingerprint density at radius 1 is 1.05 bits per heavy atom. The Morgan fingerprint density at radius 3 is 2.24 bits per heavy atom. The van der Waals surface area contributed by atoms with Gasteiger partial charge >= 0.3 is 7.12 Å². The summed E-state index contributed by atoms with van der Waals surface area (Å²) in [4.78, 5) is 12.2. The van der Waals surface area contributed by atoms with Gasteiger partial charge in [0.2, 0.25) is 5.56 Å². The number of para-hydroxylation sites is 1. The Hall–Kier alpha value is -1.59. The molecule has 3 rings (SSSR count). The van der Waals surface area contributed by atoms with Crippen LogP contribution in [0.25, 0.3) is 10.9 Å². The monoisotopic (exact) mass is 285 g/mol. The summed E-state index contributed by atoms with van der Waals surface area (Å²) in [5, 5.41) is 0.984. The van der Waals surface area contributed by atoms with Crippen LogP contribution in [0.1, 0.15) is 27.7 Å². The standard InChI is InChI=1S/C16H20BNO3/c1-15(2)16(3,4)21-17(20-15)12-10-14(19)18(5)13-9-7-6-8-11(12)13/h6-10H,1-5H3. The predicted octanol–water partition coefficient (Wildman–Crippen LogP) is 1.84. The van der Waals surface area contributed by atoms with Crippen LogP contribution in [-0.2, 0) is 16.4 Å². The Balaban J connectivity index is 2.19. The van der Waals surface area contributed by atoms with Crippen molar-refractivity contribution in [1.29, 1.82) is 0 Å². The van der Waals surface area contributed by atoms with E-state index in [1.807, 2.05) is 52.0 Å². The van der Waals surface area contributed by atoms with Crippen molar-refractivity contribution in [2.75, 3.05) is 0 Å². The molecule has 2 aromatic rings. The molecule has 1 aliphatic heterocycles. The van der Waals surface area contributed by atoms with E-state index in [0.717, 1.165) is 16.4 Å². The van der Waals surface area contributed by atoms with Gasteiger partial charge in [-0.15, -0.1) is 0 Å². The first-order valence-corrected chi connectivity index (χ1v) is 7.17. The number of pyridine rings is 1. The summed E-state index contributed by atoms with van der Waals surface area (Å²) in [5.74, 6) is 0. The summed E-state index contributed by atoms with van der Waals surface area (Å²) in [7, 11) is 1.26. The van der Waals surface area contributed by atoms with Gasteiger partial charge in [0.25, 0.3) is 0 Å². The molecule has 0 spiro atoms. The van der Waals surface area contributed by atoms with Gasteiger partial charge in [-0.1, -0.05) is 18.2 Å². The molecule has 0 amide bonds. The molecule has 1 aromatic heterocycles. The lowest BCUT2D eigenvalue weighted by molar-refractivity contribution is 0.00578. The molecule has 1 fully saturated rings. The summed E-state index contributed by atoms with van der Waals surface area (Å²) in [6.45, 7) is 8.04. The third-order valence-electron chi connectivity index (χ3n) is 4.69. The molecule has 21 heavy (non-hydrogen) atoms. The third-order valence-corrected chi connectivity index (χ3v) is 4.69. The van der Waals surface area contributed by atoms with Crippen molar-refractivity contribution < 1.29 is 9.31 Å². The molecule has 1 saturated heterocycles. The van der Waals surface area contributed by atoms with Crippen LogP contribution in [0.5, 0.6) is 0 Å². The van der Waals surface area contributed by atoms with E-state index in [2.05, 4.69) is 0 Å². The number of rotatable bonds is 1. The molecule has 0 unspecified atom stereocenters. The first-order valence-electron chi connectivity index (χ1n) is 7.17. The van der Waals surface area contributed by atoms with E-state index in [4.69, 9.17) is 9.31 Å². The summed E-state index contributed by atoms with van der Waals surface area (Å²) in [5.41, 5.74) is 0.792. The average Bonchev–Trinajstić information content (AvgIpc) is 2.63. The van der Waals surface area contributed by atoms with E-state index >= 15 is 0 Å².